The number of benzene rings is 2. The lowest BCUT2D eigenvalue weighted by Gasteiger charge is -2.35. The van der Waals surface area contributed by atoms with Crippen molar-refractivity contribution in [1.82, 2.24) is 9.80 Å². The smallest absolute Gasteiger partial charge is 0.319 e. The summed E-state index contributed by atoms with van der Waals surface area (Å²) in [6.07, 6.45) is 4.50. The Morgan fingerprint density at radius 1 is 1.05 bits per heavy atom. The van der Waals surface area contributed by atoms with Crippen molar-refractivity contribution in [3.05, 3.63) is 83.2 Å². The van der Waals surface area contributed by atoms with Crippen LogP contribution in [-0.2, 0) is 0 Å². The minimum absolute atomic E-state index is 0.00959. The summed E-state index contributed by atoms with van der Waals surface area (Å²) in [5.41, 5.74) is 12.6. The lowest BCUT2D eigenvalue weighted by molar-refractivity contribution is 0.144. The molecule has 41 heavy (non-hydrogen) atoms. The minimum atomic E-state index is -0.110. The van der Waals surface area contributed by atoms with Gasteiger partial charge in [-0.15, -0.1) is 0 Å². The van der Waals surface area contributed by atoms with Crippen LogP contribution in [0.15, 0.2) is 87.6 Å². The maximum Gasteiger partial charge on any atom is 0.319 e. The van der Waals surface area contributed by atoms with Gasteiger partial charge in [0.05, 0.1) is 11.4 Å². The Balaban J connectivity index is 1.67. The fourth-order valence-electron chi connectivity index (χ4n) is 5.88. The number of rotatable bonds is 8. The van der Waals surface area contributed by atoms with Gasteiger partial charge in [0, 0.05) is 69.6 Å². The zero-order valence-corrected chi connectivity index (χ0v) is 25.6. The zero-order valence-electron chi connectivity index (χ0n) is 25.6. The van der Waals surface area contributed by atoms with Crippen molar-refractivity contribution < 1.29 is 9.53 Å². The van der Waals surface area contributed by atoms with E-state index in [1.54, 1.807) is 23.9 Å². The van der Waals surface area contributed by atoms with Crippen molar-refractivity contribution in [2.24, 2.45) is 33.0 Å². The van der Waals surface area contributed by atoms with Gasteiger partial charge < -0.3 is 20.3 Å². The Morgan fingerprint density at radius 2 is 1.71 bits per heavy atom. The molecule has 2 amide bonds. The lowest BCUT2D eigenvalue weighted by atomic mass is 9.75. The molecule has 2 aliphatic heterocycles. The summed E-state index contributed by atoms with van der Waals surface area (Å²) in [6, 6.07) is 17.9. The molecule has 2 atom stereocenters. The predicted molar refractivity (Wildman–Crippen MR) is 169 cm³/mol. The van der Waals surface area contributed by atoms with E-state index in [0.717, 1.165) is 52.6 Å². The normalized spacial score (nSPS) is 19.2. The summed E-state index contributed by atoms with van der Waals surface area (Å²) in [7, 11) is 5.45. The van der Waals surface area contributed by atoms with E-state index in [1.807, 2.05) is 55.7 Å². The van der Waals surface area contributed by atoms with E-state index < -0.39 is 0 Å². The third kappa shape index (κ3) is 7.26. The third-order valence-corrected chi connectivity index (χ3v) is 7.99. The van der Waals surface area contributed by atoms with Gasteiger partial charge in [0.2, 0.25) is 0 Å². The number of hydrogen-bond donors (Lipinski definition) is 1. The van der Waals surface area contributed by atoms with E-state index in [0.29, 0.717) is 19.5 Å². The third-order valence-electron chi connectivity index (χ3n) is 7.99. The van der Waals surface area contributed by atoms with E-state index in [1.165, 1.54) is 5.57 Å². The number of aliphatic imine (C=N–C) groups is 2. The second-order valence-corrected chi connectivity index (χ2v) is 12.3. The molecule has 0 aliphatic carbocycles. The second kappa shape index (κ2) is 12.8. The molecular formula is C34H45N5O2. The van der Waals surface area contributed by atoms with Gasteiger partial charge in [0.25, 0.3) is 0 Å². The van der Waals surface area contributed by atoms with Gasteiger partial charge in [-0.2, -0.15) is 0 Å². The molecule has 0 fully saturated rings. The van der Waals surface area contributed by atoms with Crippen molar-refractivity contribution in [3.63, 3.8) is 0 Å². The van der Waals surface area contributed by atoms with Gasteiger partial charge in [0.1, 0.15) is 11.5 Å². The van der Waals surface area contributed by atoms with Crippen molar-refractivity contribution in [3.8, 4) is 11.5 Å². The number of para-hydroxylation sites is 1. The first-order valence-electron chi connectivity index (χ1n) is 14.5. The monoisotopic (exact) mass is 555 g/mol. The number of amides is 2. The minimum Gasteiger partial charge on any atom is -0.457 e. The van der Waals surface area contributed by atoms with Crippen molar-refractivity contribution >= 4 is 17.5 Å². The number of hydrogen-bond acceptors (Lipinski definition) is 5. The Labute approximate surface area is 245 Å². The van der Waals surface area contributed by atoms with Crippen LogP contribution in [0.2, 0.25) is 0 Å². The maximum atomic E-state index is 12.6. The van der Waals surface area contributed by atoms with Crippen LogP contribution in [0.3, 0.4) is 0 Å². The van der Waals surface area contributed by atoms with E-state index in [2.05, 4.69) is 39.8 Å². The Kier molecular flexibility index (Phi) is 9.36. The summed E-state index contributed by atoms with van der Waals surface area (Å²) >= 11 is 0. The fraction of sp³-hybridized carbons (Fsp3) is 0.441. The summed E-state index contributed by atoms with van der Waals surface area (Å²) in [4.78, 5) is 26.3. The van der Waals surface area contributed by atoms with Crippen molar-refractivity contribution in [2.75, 3.05) is 34.2 Å². The van der Waals surface area contributed by atoms with Crippen LogP contribution in [0.5, 0.6) is 11.5 Å². The van der Waals surface area contributed by atoms with Crippen LogP contribution in [0.1, 0.15) is 52.5 Å². The van der Waals surface area contributed by atoms with Gasteiger partial charge in [-0.1, -0.05) is 45.9 Å². The number of allylic oxidation sites excluding steroid dienone is 2. The largest absolute Gasteiger partial charge is 0.457 e. The van der Waals surface area contributed by atoms with Crippen molar-refractivity contribution in [1.29, 1.82) is 0 Å². The molecule has 2 aromatic carbocycles. The maximum absolute atomic E-state index is 12.6. The highest BCUT2D eigenvalue weighted by atomic mass is 16.5. The standard InChI is InChI=1S/C34H45N5O2/c1-8-24-18-29(35)30-31(36-20-24)23(2)26(19-34(3,4)22-39(7)33(40)38(5)6)21-37-32(30)25-14-16-28(17-15-25)41-27-12-10-9-11-13-27/h9-17,20,23,26H,8,18-19,21-22,35H2,1-7H3. The molecule has 4 rings (SSSR count). The van der Waals surface area contributed by atoms with E-state index in [-0.39, 0.29) is 23.3 Å². The molecule has 7 nitrogen and oxygen atoms in total. The molecule has 2 aromatic rings. The van der Waals surface area contributed by atoms with E-state index in [4.69, 9.17) is 20.5 Å². The molecule has 2 aliphatic rings. The lowest BCUT2D eigenvalue weighted by Crippen LogP contribution is -2.42. The number of carbonyl (C=O) groups is 1. The average molecular weight is 556 g/mol. The quantitative estimate of drug-likeness (QED) is 0.384. The first kappa shape index (κ1) is 30.1. The highest BCUT2D eigenvalue weighted by molar-refractivity contribution is 6.31. The Hall–Kier alpha value is -3.87. The van der Waals surface area contributed by atoms with Crippen LogP contribution in [0.25, 0.3) is 0 Å². The molecule has 2 unspecified atom stereocenters. The van der Waals surface area contributed by atoms with Crippen LogP contribution in [0.4, 0.5) is 4.79 Å². The van der Waals surface area contributed by atoms with Gasteiger partial charge in [-0.25, -0.2) is 4.79 Å². The molecule has 0 saturated heterocycles. The average Bonchev–Trinajstić information content (AvgIpc) is 3.18. The first-order valence-corrected chi connectivity index (χ1v) is 14.5. The number of carbonyl (C=O) groups excluding carboxylic acids is 1. The van der Waals surface area contributed by atoms with Gasteiger partial charge in [0.15, 0.2) is 0 Å². The molecule has 218 valence electrons. The van der Waals surface area contributed by atoms with Crippen LogP contribution in [-0.4, -0.2) is 61.5 Å². The molecule has 7 heteroatoms. The number of nitrogens with zero attached hydrogens (tertiary/aromatic N) is 4. The summed E-state index contributed by atoms with van der Waals surface area (Å²) < 4.78 is 6.03. The number of nitrogens with two attached hydrogens (primary N) is 1. The molecular weight excluding hydrogens is 510 g/mol. The first-order chi connectivity index (χ1) is 19.5. The van der Waals surface area contributed by atoms with Crippen LogP contribution in [0, 0.1) is 17.3 Å². The van der Waals surface area contributed by atoms with Gasteiger partial charge in [-0.3, -0.25) is 9.98 Å². The van der Waals surface area contributed by atoms with E-state index in [9.17, 15) is 4.79 Å². The summed E-state index contributed by atoms with van der Waals surface area (Å²) in [5.74, 6) is 1.95. The molecule has 0 spiro atoms. The number of fused-ring (bicyclic) bond motifs is 1. The van der Waals surface area contributed by atoms with Gasteiger partial charge in [-0.05, 0) is 66.1 Å². The summed E-state index contributed by atoms with van der Waals surface area (Å²) in [6.45, 7) is 10.2. The highest BCUT2D eigenvalue weighted by Gasteiger charge is 2.36. The second-order valence-electron chi connectivity index (χ2n) is 12.3. The number of ether oxygens (including phenoxy) is 1. The highest BCUT2D eigenvalue weighted by Crippen LogP contribution is 2.37. The molecule has 0 aromatic heterocycles. The molecule has 0 bridgehead atoms. The molecule has 2 N–H and O–H groups in total. The van der Waals surface area contributed by atoms with Crippen molar-refractivity contribution in [2.45, 2.75) is 47.0 Å². The molecule has 2 heterocycles. The van der Waals surface area contributed by atoms with Gasteiger partial charge >= 0.3 is 6.03 Å². The van der Waals surface area contributed by atoms with E-state index >= 15 is 0 Å². The summed E-state index contributed by atoms with van der Waals surface area (Å²) in [5, 5.41) is 0. The van der Waals surface area contributed by atoms with Crippen LogP contribution < -0.4 is 10.5 Å². The molecule has 0 saturated carbocycles. The zero-order chi connectivity index (χ0) is 29.7. The topological polar surface area (TPSA) is 83.5 Å². The van der Waals surface area contributed by atoms with Crippen LogP contribution >= 0.6 is 0 Å². The SMILES string of the molecule is CCC1=CN=C2C(=C(N)C1)C(c1ccc(Oc3ccccc3)cc1)=NCC(CC(C)(C)CN(C)C(=O)N(C)C)C2C. The fourth-order valence-corrected chi connectivity index (χ4v) is 5.88. The Morgan fingerprint density at radius 3 is 2.34 bits per heavy atom. The Bertz CT molecular complexity index is 1350. The number of urea groups is 1. The predicted octanol–water partition coefficient (Wildman–Crippen LogP) is 6.92. The molecule has 0 radical (unpaired) electrons.